The van der Waals surface area contributed by atoms with Crippen molar-refractivity contribution in [3.63, 3.8) is 0 Å². The van der Waals surface area contributed by atoms with Crippen LogP contribution < -0.4 is 19.6 Å². The lowest BCUT2D eigenvalue weighted by atomic mass is 10.2. The summed E-state index contributed by atoms with van der Waals surface area (Å²) in [5, 5.41) is 15.1. The van der Waals surface area contributed by atoms with E-state index in [-0.39, 0.29) is 12.3 Å². The average molecular weight is 561 g/mol. The molecule has 1 N–H and O–H groups in total. The van der Waals surface area contributed by atoms with Crippen molar-refractivity contribution in [3.05, 3.63) is 91.0 Å². The smallest absolute Gasteiger partial charge is 0.269 e. The van der Waals surface area contributed by atoms with Crippen LogP contribution in [0.3, 0.4) is 0 Å². The highest BCUT2D eigenvalue weighted by Crippen LogP contribution is 2.34. The van der Waals surface area contributed by atoms with Gasteiger partial charge in [-0.15, -0.1) is 0 Å². The number of benzene rings is 3. The molecular weight excluding hydrogens is 537 g/mol. The van der Waals surface area contributed by atoms with E-state index in [1.165, 1.54) is 12.1 Å². The highest BCUT2D eigenvalue weighted by atomic mass is 127. The summed E-state index contributed by atoms with van der Waals surface area (Å²) in [4.78, 5) is 10.4. The number of hydrogen-bond donors (Lipinski definition) is 1. The van der Waals surface area contributed by atoms with Crippen LogP contribution in [0.25, 0.3) is 0 Å². The largest absolute Gasteiger partial charge is 0.496 e. The van der Waals surface area contributed by atoms with E-state index in [0.717, 1.165) is 26.0 Å². The molecule has 172 valence electrons. The molecule has 0 aliphatic heterocycles. The lowest BCUT2D eigenvalue weighted by Gasteiger charge is -2.15. The number of halogens is 1. The van der Waals surface area contributed by atoms with Crippen molar-refractivity contribution in [3.8, 4) is 17.2 Å². The van der Waals surface area contributed by atoms with Gasteiger partial charge in [-0.25, -0.2) is 0 Å². The van der Waals surface area contributed by atoms with E-state index in [4.69, 9.17) is 14.2 Å². The molecule has 0 bridgehead atoms. The van der Waals surface area contributed by atoms with Gasteiger partial charge in [0, 0.05) is 17.7 Å². The fraction of sp³-hybridized carbons (Fsp3) is 0.208. The molecule has 0 spiro atoms. The third-order valence-corrected chi connectivity index (χ3v) is 5.43. The molecule has 3 aromatic rings. The first kappa shape index (κ1) is 24.3. The molecular formula is C24H24IN3O5. The van der Waals surface area contributed by atoms with Crippen LogP contribution in [0.4, 0.5) is 5.69 Å². The fourth-order valence-electron chi connectivity index (χ4n) is 3.03. The Morgan fingerprint density at radius 2 is 1.85 bits per heavy atom. The lowest BCUT2D eigenvalue weighted by Crippen LogP contribution is -2.07. The van der Waals surface area contributed by atoms with Gasteiger partial charge >= 0.3 is 0 Å². The van der Waals surface area contributed by atoms with Crippen molar-refractivity contribution in [1.82, 2.24) is 5.43 Å². The van der Waals surface area contributed by atoms with E-state index >= 15 is 0 Å². The number of ether oxygens (including phenoxy) is 3. The molecule has 0 saturated heterocycles. The van der Waals surface area contributed by atoms with Crippen molar-refractivity contribution in [2.75, 3.05) is 13.7 Å². The monoisotopic (exact) mass is 561 g/mol. The average Bonchev–Trinajstić information content (AvgIpc) is 2.82. The zero-order valence-corrected chi connectivity index (χ0v) is 20.4. The van der Waals surface area contributed by atoms with E-state index in [0.29, 0.717) is 24.7 Å². The summed E-state index contributed by atoms with van der Waals surface area (Å²) in [5.41, 5.74) is 5.78. The molecule has 33 heavy (non-hydrogen) atoms. The quantitative estimate of drug-likeness (QED) is 0.148. The van der Waals surface area contributed by atoms with Crippen LogP contribution in [-0.4, -0.2) is 24.9 Å². The molecule has 8 nitrogen and oxygen atoms in total. The van der Waals surface area contributed by atoms with E-state index in [1.807, 2.05) is 43.3 Å². The van der Waals surface area contributed by atoms with Crippen LogP contribution in [0.2, 0.25) is 0 Å². The predicted molar refractivity (Wildman–Crippen MR) is 135 cm³/mol. The Bertz CT molecular complexity index is 1120. The van der Waals surface area contributed by atoms with Crippen molar-refractivity contribution in [1.29, 1.82) is 0 Å². The Balaban J connectivity index is 1.68. The molecule has 0 aliphatic carbocycles. The molecule has 0 radical (unpaired) electrons. The first-order valence-corrected chi connectivity index (χ1v) is 11.3. The maximum Gasteiger partial charge on any atom is 0.269 e. The number of hydrogen-bond acceptors (Lipinski definition) is 7. The van der Waals surface area contributed by atoms with Crippen molar-refractivity contribution in [2.24, 2.45) is 5.10 Å². The van der Waals surface area contributed by atoms with Crippen LogP contribution >= 0.6 is 22.6 Å². The van der Waals surface area contributed by atoms with Crippen molar-refractivity contribution in [2.45, 2.75) is 20.1 Å². The first-order valence-electron chi connectivity index (χ1n) is 10.2. The summed E-state index contributed by atoms with van der Waals surface area (Å²) in [7, 11) is 1.64. The predicted octanol–water partition coefficient (Wildman–Crippen LogP) is 5.31. The van der Waals surface area contributed by atoms with Gasteiger partial charge in [-0.1, -0.05) is 18.2 Å². The van der Waals surface area contributed by atoms with Gasteiger partial charge in [-0.3, -0.25) is 10.1 Å². The Morgan fingerprint density at radius 1 is 1.09 bits per heavy atom. The Kier molecular flexibility index (Phi) is 8.87. The second-order valence-corrected chi connectivity index (χ2v) is 8.04. The van der Waals surface area contributed by atoms with Gasteiger partial charge in [0.1, 0.15) is 12.4 Å². The Labute approximate surface area is 205 Å². The molecule has 0 heterocycles. The number of nitrogens with one attached hydrogen (secondary N) is 1. The molecule has 0 atom stereocenters. The molecule has 9 heteroatoms. The molecule has 0 unspecified atom stereocenters. The SMILES string of the molecule is CCOc1cc(/C=N/NCc2ccccc2OC)cc(I)c1OCc1ccc([N+](=O)[O-])cc1. The van der Waals surface area contributed by atoms with Gasteiger partial charge in [-0.2, -0.15) is 5.10 Å². The van der Waals surface area contributed by atoms with E-state index in [9.17, 15) is 10.1 Å². The van der Waals surface area contributed by atoms with Gasteiger partial charge in [0.05, 0.1) is 35.0 Å². The lowest BCUT2D eigenvalue weighted by molar-refractivity contribution is -0.384. The van der Waals surface area contributed by atoms with E-state index in [1.54, 1.807) is 25.5 Å². The van der Waals surface area contributed by atoms with Crippen LogP contribution in [0.5, 0.6) is 17.2 Å². The summed E-state index contributed by atoms with van der Waals surface area (Å²) < 4.78 is 18.0. The molecule has 0 amide bonds. The Morgan fingerprint density at radius 3 is 2.55 bits per heavy atom. The minimum absolute atomic E-state index is 0.0475. The van der Waals surface area contributed by atoms with Crippen LogP contribution in [0.1, 0.15) is 23.6 Å². The standard InChI is InChI=1S/C24H24IN3O5/c1-3-32-23-13-18(14-26-27-15-19-6-4-5-7-22(19)31-2)12-21(25)24(23)33-16-17-8-10-20(11-9-17)28(29)30/h4-14,27H,3,15-16H2,1-2H3/b26-14+. The highest BCUT2D eigenvalue weighted by molar-refractivity contribution is 14.1. The molecule has 0 aromatic heterocycles. The maximum absolute atomic E-state index is 10.8. The van der Waals surface area contributed by atoms with Crippen LogP contribution in [0.15, 0.2) is 65.8 Å². The van der Waals surface area contributed by atoms with Gasteiger partial charge in [-0.05, 0) is 71.0 Å². The van der Waals surface area contributed by atoms with Crippen LogP contribution in [0, 0.1) is 13.7 Å². The normalized spacial score (nSPS) is 10.8. The fourth-order valence-corrected chi connectivity index (χ4v) is 3.82. The highest BCUT2D eigenvalue weighted by Gasteiger charge is 2.13. The molecule has 0 saturated carbocycles. The number of rotatable bonds is 11. The zero-order valence-electron chi connectivity index (χ0n) is 18.3. The number of methoxy groups -OCH3 is 1. The minimum Gasteiger partial charge on any atom is -0.496 e. The van der Waals surface area contributed by atoms with E-state index < -0.39 is 4.92 Å². The Hall–Kier alpha value is -3.34. The third-order valence-electron chi connectivity index (χ3n) is 4.63. The maximum atomic E-state index is 10.8. The number of nitro groups is 1. The number of nitro benzene ring substituents is 1. The zero-order chi connectivity index (χ0) is 23.6. The molecule has 3 rings (SSSR count). The van der Waals surface area contributed by atoms with E-state index in [2.05, 4.69) is 33.1 Å². The number of hydrazone groups is 1. The van der Waals surface area contributed by atoms with Gasteiger partial charge in [0.15, 0.2) is 11.5 Å². The number of nitrogens with zero attached hydrogens (tertiary/aromatic N) is 2. The summed E-state index contributed by atoms with van der Waals surface area (Å²) >= 11 is 2.19. The molecule has 3 aromatic carbocycles. The van der Waals surface area contributed by atoms with Gasteiger partial charge < -0.3 is 19.6 Å². The summed E-state index contributed by atoms with van der Waals surface area (Å²) in [6, 6.07) is 17.9. The minimum atomic E-state index is -0.424. The summed E-state index contributed by atoms with van der Waals surface area (Å²) in [6.07, 6.45) is 1.72. The summed E-state index contributed by atoms with van der Waals surface area (Å²) in [5.74, 6) is 2.04. The first-order chi connectivity index (χ1) is 16.0. The topological polar surface area (TPSA) is 95.2 Å². The number of para-hydroxylation sites is 1. The van der Waals surface area contributed by atoms with Crippen molar-refractivity contribution >= 4 is 34.5 Å². The van der Waals surface area contributed by atoms with Gasteiger partial charge in [0.25, 0.3) is 5.69 Å². The third kappa shape index (κ3) is 6.82. The molecule has 0 aliphatic rings. The second-order valence-electron chi connectivity index (χ2n) is 6.88. The van der Waals surface area contributed by atoms with Gasteiger partial charge in [0.2, 0.25) is 0 Å². The van der Waals surface area contributed by atoms with Crippen LogP contribution in [-0.2, 0) is 13.2 Å². The number of non-ortho nitro benzene ring substituents is 1. The van der Waals surface area contributed by atoms with Crippen molar-refractivity contribution < 1.29 is 19.1 Å². The summed E-state index contributed by atoms with van der Waals surface area (Å²) in [6.45, 7) is 3.19. The molecule has 0 fully saturated rings. The second kappa shape index (κ2) is 12.0.